The fraction of sp³-hybridized carbons (Fsp3) is 0.167. The fourth-order valence-electron chi connectivity index (χ4n) is 1.78. The molecule has 0 saturated heterocycles. The molecule has 7 heteroatoms. The van der Waals surface area contributed by atoms with Crippen LogP contribution in [0.15, 0.2) is 30.3 Å². The first-order valence-electron chi connectivity index (χ1n) is 5.55. The van der Waals surface area contributed by atoms with Gasteiger partial charge in [-0.05, 0) is 6.07 Å². The fourth-order valence-corrected chi connectivity index (χ4v) is 2.91. The summed E-state index contributed by atoms with van der Waals surface area (Å²) in [6.45, 7) is 0.0269. The number of anilines is 1. The maximum absolute atomic E-state index is 11.7. The van der Waals surface area contributed by atoms with E-state index in [1.165, 1.54) is 6.07 Å². The van der Waals surface area contributed by atoms with E-state index >= 15 is 0 Å². The number of nitrogens with two attached hydrogens (primary N) is 1. The van der Waals surface area contributed by atoms with E-state index in [9.17, 15) is 13.5 Å². The normalized spacial score (nSPS) is 11.7. The van der Waals surface area contributed by atoms with E-state index < -0.39 is 10.0 Å². The smallest absolute Gasteiger partial charge is 0.233 e. The first-order valence-corrected chi connectivity index (χ1v) is 7.58. The highest BCUT2D eigenvalue weighted by molar-refractivity contribution is 7.92. The minimum Gasteiger partial charge on any atom is -0.506 e. The summed E-state index contributed by atoms with van der Waals surface area (Å²) in [4.78, 5) is 0. The maximum atomic E-state index is 11.7. The van der Waals surface area contributed by atoms with Gasteiger partial charge < -0.3 is 10.8 Å². The zero-order valence-corrected chi connectivity index (χ0v) is 11.5. The molecular weight excluding hydrogens is 288 g/mol. The summed E-state index contributed by atoms with van der Waals surface area (Å²) in [7, 11) is -3.52. The molecule has 0 aliphatic rings. The Balaban J connectivity index is 2.58. The topological polar surface area (TPSA) is 92.4 Å². The van der Waals surface area contributed by atoms with Crippen molar-refractivity contribution in [2.24, 2.45) is 5.73 Å². The third kappa shape index (κ3) is 2.91. The Hall–Kier alpha value is -1.50. The van der Waals surface area contributed by atoms with Crippen LogP contribution in [0.5, 0.6) is 5.75 Å². The van der Waals surface area contributed by atoms with Crippen LogP contribution in [0.4, 0.5) is 5.69 Å². The van der Waals surface area contributed by atoms with Crippen molar-refractivity contribution in [3.8, 4) is 5.75 Å². The summed E-state index contributed by atoms with van der Waals surface area (Å²) in [6, 6.07) is 8.23. The highest BCUT2D eigenvalue weighted by Gasteiger charge is 2.14. The van der Waals surface area contributed by atoms with Crippen LogP contribution in [0.2, 0.25) is 5.02 Å². The average molecular weight is 301 g/mol. The summed E-state index contributed by atoms with van der Waals surface area (Å²) < 4.78 is 25.9. The monoisotopic (exact) mass is 300 g/mol. The van der Waals surface area contributed by atoms with Crippen molar-refractivity contribution in [3.63, 3.8) is 0 Å². The summed E-state index contributed by atoms with van der Waals surface area (Å²) in [5.74, 6) is -0.251. The van der Waals surface area contributed by atoms with Crippen LogP contribution in [0, 0.1) is 0 Å². The lowest BCUT2D eigenvalue weighted by atomic mass is 10.1. The van der Waals surface area contributed by atoms with Crippen LogP contribution in [-0.2, 0) is 10.0 Å². The maximum Gasteiger partial charge on any atom is 0.233 e. The molecule has 2 aromatic rings. The molecule has 0 aliphatic carbocycles. The number of benzene rings is 2. The quantitative estimate of drug-likeness (QED) is 0.752. The minimum atomic E-state index is -3.52. The van der Waals surface area contributed by atoms with Crippen molar-refractivity contribution in [1.82, 2.24) is 0 Å². The van der Waals surface area contributed by atoms with E-state index in [4.69, 9.17) is 17.3 Å². The third-order valence-electron chi connectivity index (χ3n) is 2.62. The van der Waals surface area contributed by atoms with E-state index in [0.29, 0.717) is 16.5 Å². The Morgan fingerprint density at radius 3 is 2.53 bits per heavy atom. The molecule has 2 aromatic carbocycles. The minimum absolute atomic E-state index is 0.0269. The number of hydrogen-bond donors (Lipinski definition) is 3. The van der Waals surface area contributed by atoms with E-state index in [2.05, 4.69) is 4.72 Å². The lowest BCUT2D eigenvalue weighted by Crippen LogP contribution is -2.22. The van der Waals surface area contributed by atoms with E-state index in [-0.39, 0.29) is 23.1 Å². The average Bonchev–Trinajstić information content (AvgIpc) is 2.35. The van der Waals surface area contributed by atoms with Crippen LogP contribution in [-0.4, -0.2) is 25.8 Å². The SMILES string of the molecule is NCCS(=O)(=O)Nc1cc(Cl)c(O)c2ccccc12. The van der Waals surface area contributed by atoms with E-state index in [1.54, 1.807) is 24.3 Å². The summed E-state index contributed by atoms with van der Waals surface area (Å²) in [5, 5.41) is 11.0. The van der Waals surface area contributed by atoms with Crippen molar-refractivity contribution >= 4 is 38.1 Å². The van der Waals surface area contributed by atoms with Gasteiger partial charge in [0, 0.05) is 17.3 Å². The number of nitrogens with one attached hydrogen (secondary N) is 1. The molecule has 0 saturated carbocycles. The molecule has 0 aromatic heterocycles. The van der Waals surface area contributed by atoms with Gasteiger partial charge in [0.05, 0.1) is 16.5 Å². The van der Waals surface area contributed by atoms with E-state index in [1.807, 2.05) is 0 Å². The van der Waals surface area contributed by atoms with Gasteiger partial charge in [-0.2, -0.15) is 0 Å². The molecule has 0 amide bonds. The molecule has 0 fully saturated rings. The summed E-state index contributed by atoms with van der Waals surface area (Å²) in [6.07, 6.45) is 0. The number of hydrogen-bond acceptors (Lipinski definition) is 4. The molecule has 2 rings (SSSR count). The van der Waals surface area contributed by atoms with Crippen molar-refractivity contribution in [1.29, 1.82) is 0 Å². The molecule has 0 heterocycles. The Morgan fingerprint density at radius 2 is 1.89 bits per heavy atom. The molecule has 5 nitrogen and oxygen atoms in total. The molecule has 0 atom stereocenters. The van der Waals surface area contributed by atoms with Crippen molar-refractivity contribution < 1.29 is 13.5 Å². The number of fused-ring (bicyclic) bond motifs is 1. The first kappa shape index (κ1) is 13.9. The lowest BCUT2D eigenvalue weighted by molar-refractivity contribution is 0.482. The molecule has 0 radical (unpaired) electrons. The summed E-state index contributed by atoms with van der Waals surface area (Å²) in [5.41, 5.74) is 5.58. The standard InChI is InChI=1S/C12H13ClN2O3S/c13-10-7-11(15-19(17,18)6-5-14)8-3-1-2-4-9(8)12(10)16/h1-4,7,15-16H,5-6,14H2. The van der Waals surface area contributed by atoms with Gasteiger partial charge in [0.2, 0.25) is 10.0 Å². The second-order valence-corrected chi connectivity index (χ2v) is 6.26. The van der Waals surface area contributed by atoms with E-state index in [0.717, 1.165) is 0 Å². The van der Waals surface area contributed by atoms with Gasteiger partial charge in [-0.1, -0.05) is 35.9 Å². The molecule has 0 spiro atoms. The first-order chi connectivity index (χ1) is 8.94. The number of sulfonamides is 1. The lowest BCUT2D eigenvalue weighted by Gasteiger charge is -2.12. The molecular formula is C12H13ClN2O3S. The van der Waals surface area contributed by atoms with Crippen LogP contribution in [0.3, 0.4) is 0 Å². The van der Waals surface area contributed by atoms with Gasteiger partial charge in [0.1, 0.15) is 5.75 Å². The third-order valence-corrected chi connectivity index (χ3v) is 4.21. The zero-order chi connectivity index (χ0) is 14.0. The Morgan fingerprint density at radius 1 is 1.26 bits per heavy atom. The van der Waals surface area contributed by atoms with Crippen molar-refractivity contribution in [2.75, 3.05) is 17.0 Å². The van der Waals surface area contributed by atoms with Gasteiger partial charge in [-0.25, -0.2) is 8.42 Å². The highest BCUT2D eigenvalue weighted by atomic mass is 35.5. The molecule has 0 unspecified atom stereocenters. The highest BCUT2D eigenvalue weighted by Crippen LogP contribution is 2.37. The predicted molar refractivity (Wildman–Crippen MR) is 77.1 cm³/mol. The Kier molecular flexibility index (Phi) is 3.84. The molecule has 0 aliphatic heterocycles. The number of rotatable bonds is 4. The number of halogens is 1. The van der Waals surface area contributed by atoms with Crippen LogP contribution < -0.4 is 10.5 Å². The number of aromatic hydroxyl groups is 1. The van der Waals surface area contributed by atoms with Gasteiger partial charge in [-0.15, -0.1) is 0 Å². The second-order valence-electron chi connectivity index (χ2n) is 4.01. The Bertz CT molecular complexity index is 716. The van der Waals surface area contributed by atoms with Crippen molar-refractivity contribution in [2.45, 2.75) is 0 Å². The van der Waals surface area contributed by atoms with Crippen LogP contribution in [0.25, 0.3) is 10.8 Å². The van der Waals surface area contributed by atoms with Gasteiger partial charge in [0.15, 0.2) is 0 Å². The predicted octanol–water partition coefficient (Wildman–Crippen LogP) is 1.90. The van der Waals surface area contributed by atoms with Crippen LogP contribution >= 0.6 is 11.6 Å². The Labute approximate surface area is 116 Å². The van der Waals surface area contributed by atoms with Crippen LogP contribution in [0.1, 0.15) is 0 Å². The summed E-state index contributed by atoms with van der Waals surface area (Å²) >= 11 is 5.89. The zero-order valence-electron chi connectivity index (χ0n) is 9.93. The second kappa shape index (κ2) is 5.24. The molecule has 19 heavy (non-hydrogen) atoms. The van der Waals surface area contributed by atoms with Gasteiger partial charge in [-0.3, -0.25) is 4.72 Å². The molecule has 0 bridgehead atoms. The number of phenolic OH excluding ortho intramolecular Hbond substituents is 1. The largest absolute Gasteiger partial charge is 0.506 e. The number of phenols is 1. The van der Waals surface area contributed by atoms with Crippen molar-refractivity contribution in [3.05, 3.63) is 35.4 Å². The molecule has 4 N–H and O–H groups in total. The van der Waals surface area contributed by atoms with Gasteiger partial charge >= 0.3 is 0 Å². The molecule has 102 valence electrons. The van der Waals surface area contributed by atoms with Gasteiger partial charge in [0.25, 0.3) is 0 Å².